The van der Waals surface area contributed by atoms with Crippen molar-refractivity contribution in [3.05, 3.63) is 46.7 Å². The molecular weight excluding hydrogens is 228 g/mol. The van der Waals surface area contributed by atoms with Crippen LogP contribution in [0.4, 0.5) is 11.4 Å². The van der Waals surface area contributed by atoms with Crippen LogP contribution in [-0.2, 0) is 6.42 Å². The zero-order chi connectivity index (χ0) is 12.1. The molecule has 2 nitrogen and oxygen atoms in total. The van der Waals surface area contributed by atoms with Crippen LogP contribution in [0.5, 0.6) is 0 Å². The summed E-state index contributed by atoms with van der Waals surface area (Å²) in [5.41, 5.74) is 3.82. The number of anilines is 2. The topological polar surface area (TPSA) is 15.3 Å². The molecule has 1 aromatic heterocycles. The van der Waals surface area contributed by atoms with Crippen molar-refractivity contribution in [1.29, 1.82) is 0 Å². The highest BCUT2D eigenvalue weighted by Gasteiger charge is 1.97. The maximum Gasteiger partial charge on any atom is 0.0381 e. The molecule has 0 atom stereocenters. The Morgan fingerprint density at radius 3 is 2.82 bits per heavy atom. The molecule has 90 valence electrons. The van der Waals surface area contributed by atoms with Gasteiger partial charge in [-0.2, -0.15) is 11.3 Å². The van der Waals surface area contributed by atoms with Crippen LogP contribution in [0.2, 0.25) is 0 Å². The van der Waals surface area contributed by atoms with E-state index in [1.807, 2.05) is 0 Å². The first kappa shape index (κ1) is 12.0. The van der Waals surface area contributed by atoms with E-state index in [-0.39, 0.29) is 0 Å². The monoisotopic (exact) mass is 246 g/mol. The minimum Gasteiger partial charge on any atom is -0.385 e. The summed E-state index contributed by atoms with van der Waals surface area (Å²) in [6.45, 7) is 0.980. The third-order valence-electron chi connectivity index (χ3n) is 2.69. The molecule has 2 aromatic rings. The summed E-state index contributed by atoms with van der Waals surface area (Å²) in [5, 5.41) is 7.79. The summed E-state index contributed by atoms with van der Waals surface area (Å²) in [6.07, 6.45) is 1.08. The lowest BCUT2D eigenvalue weighted by Crippen LogP contribution is -2.09. The van der Waals surface area contributed by atoms with Crippen molar-refractivity contribution in [1.82, 2.24) is 0 Å². The molecule has 1 heterocycles. The van der Waals surface area contributed by atoms with Gasteiger partial charge >= 0.3 is 0 Å². The molecule has 0 aliphatic carbocycles. The quantitative estimate of drug-likeness (QED) is 0.869. The second kappa shape index (κ2) is 5.73. The first-order chi connectivity index (χ1) is 8.25. The fraction of sp³-hybridized carbons (Fsp3) is 0.286. The summed E-state index contributed by atoms with van der Waals surface area (Å²) >= 11 is 1.76. The molecule has 0 bridgehead atoms. The van der Waals surface area contributed by atoms with E-state index in [0.717, 1.165) is 13.0 Å². The van der Waals surface area contributed by atoms with Gasteiger partial charge in [-0.25, -0.2) is 0 Å². The van der Waals surface area contributed by atoms with Crippen molar-refractivity contribution < 1.29 is 0 Å². The van der Waals surface area contributed by atoms with Gasteiger partial charge in [-0.05, 0) is 47.0 Å². The van der Waals surface area contributed by atoms with Crippen LogP contribution < -0.4 is 10.2 Å². The molecule has 0 saturated carbocycles. The zero-order valence-electron chi connectivity index (χ0n) is 10.3. The van der Waals surface area contributed by atoms with Crippen molar-refractivity contribution in [2.24, 2.45) is 0 Å². The smallest absolute Gasteiger partial charge is 0.0381 e. The molecule has 0 saturated heterocycles. The first-order valence-electron chi connectivity index (χ1n) is 5.78. The van der Waals surface area contributed by atoms with E-state index in [1.54, 1.807) is 11.3 Å². The van der Waals surface area contributed by atoms with Crippen molar-refractivity contribution in [3.63, 3.8) is 0 Å². The van der Waals surface area contributed by atoms with Gasteiger partial charge in [-0.15, -0.1) is 0 Å². The highest BCUT2D eigenvalue weighted by molar-refractivity contribution is 7.07. The second-order valence-corrected chi connectivity index (χ2v) is 5.03. The normalized spacial score (nSPS) is 10.2. The fourth-order valence-corrected chi connectivity index (χ4v) is 2.38. The molecule has 0 unspecified atom stereocenters. The van der Waals surface area contributed by atoms with Gasteiger partial charge in [0.2, 0.25) is 0 Å². The Balaban J connectivity index is 1.88. The molecule has 17 heavy (non-hydrogen) atoms. The van der Waals surface area contributed by atoms with Crippen LogP contribution >= 0.6 is 11.3 Å². The van der Waals surface area contributed by atoms with Crippen LogP contribution in [0.15, 0.2) is 41.1 Å². The van der Waals surface area contributed by atoms with Crippen molar-refractivity contribution in [2.75, 3.05) is 30.9 Å². The van der Waals surface area contributed by atoms with Crippen LogP contribution in [0.25, 0.3) is 0 Å². The van der Waals surface area contributed by atoms with Gasteiger partial charge in [0.05, 0.1) is 0 Å². The molecule has 0 amide bonds. The number of rotatable bonds is 5. The van der Waals surface area contributed by atoms with Gasteiger partial charge in [-0.3, -0.25) is 0 Å². The Labute approximate surface area is 107 Å². The van der Waals surface area contributed by atoms with Gasteiger partial charge in [0, 0.05) is 32.0 Å². The summed E-state index contributed by atoms with van der Waals surface area (Å²) in [4.78, 5) is 2.12. The SMILES string of the molecule is CN(C)c1cccc(NCCc2ccsc2)c1. The van der Waals surface area contributed by atoms with Crippen molar-refractivity contribution >= 4 is 22.7 Å². The van der Waals surface area contributed by atoms with Gasteiger partial charge in [-0.1, -0.05) is 6.07 Å². The molecule has 0 aliphatic heterocycles. The fourth-order valence-electron chi connectivity index (χ4n) is 1.68. The predicted octanol–water partition coefficient (Wildman–Crippen LogP) is 3.47. The highest BCUT2D eigenvalue weighted by Crippen LogP contribution is 2.17. The maximum atomic E-state index is 3.46. The standard InChI is InChI=1S/C14H18N2S/c1-16(2)14-5-3-4-13(10-14)15-8-6-12-7-9-17-11-12/h3-5,7,9-11,15H,6,8H2,1-2H3. The Hall–Kier alpha value is -1.48. The molecule has 1 N–H and O–H groups in total. The third kappa shape index (κ3) is 3.49. The number of hydrogen-bond acceptors (Lipinski definition) is 3. The average Bonchev–Trinajstić information content (AvgIpc) is 2.82. The van der Waals surface area contributed by atoms with E-state index in [2.05, 4.69) is 65.4 Å². The molecular formula is C14H18N2S. The van der Waals surface area contributed by atoms with Crippen LogP contribution in [0.3, 0.4) is 0 Å². The number of thiophene rings is 1. The summed E-state index contributed by atoms with van der Waals surface area (Å²) in [6, 6.07) is 10.7. The molecule has 3 heteroatoms. The van der Waals surface area contributed by atoms with E-state index in [4.69, 9.17) is 0 Å². The molecule has 0 radical (unpaired) electrons. The minimum absolute atomic E-state index is 0.980. The molecule has 0 aliphatic rings. The lowest BCUT2D eigenvalue weighted by Gasteiger charge is -2.14. The Morgan fingerprint density at radius 1 is 1.24 bits per heavy atom. The number of nitrogens with zero attached hydrogens (tertiary/aromatic N) is 1. The van der Waals surface area contributed by atoms with Gasteiger partial charge < -0.3 is 10.2 Å². The summed E-state index contributed by atoms with van der Waals surface area (Å²) in [7, 11) is 4.12. The van der Waals surface area contributed by atoms with E-state index in [1.165, 1.54) is 16.9 Å². The zero-order valence-corrected chi connectivity index (χ0v) is 11.1. The maximum absolute atomic E-state index is 3.46. The largest absolute Gasteiger partial charge is 0.385 e. The third-order valence-corrected chi connectivity index (χ3v) is 3.42. The highest BCUT2D eigenvalue weighted by atomic mass is 32.1. The minimum atomic E-state index is 0.980. The molecule has 1 aromatic carbocycles. The molecule has 0 spiro atoms. The van der Waals surface area contributed by atoms with Gasteiger partial charge in [0.1, 0.15) is 0 Å². The van der Waals surface area contributed by atoms with Crippen molar-refractivity contribution in [2.45, 2.75) is 6.42 Å². The van der Waals surface area contributed by atoms with Crippen molar-refractivity contribution in [3.8, 4) is 0 Å². The Kier molecular flexibility index (Phi) is 4.04. The number of hydrogen-bond donors (Lipinski definition) is 1. The Morgan fingerprint density at radius 2 is 2.12 bits per heavy atom. The van der Waals surface area contributed by atoms with E-state index < -0.39 is 0 Å². The van der Waals surface area contributed by atoms with Crippen LogP contribution in [-0.4, -0.2) is 20.6 Å². The lowest BCUT2D eigenvalue weighted by molar-refractivity contribution is 1.03. The van der Waals surface area contributed by atoms with E-state index >= 15 is 0 Å². The average molecular weight is 246 g/mol. The van der Waals surface area contributed by atoms with Crippen LogP contribution in [0.1, 0.15) is 5.56 Å². The number of benzene rings is 1. The lowest BCUT2D eigenvalue weighted by atomic mass is 10.2. The van der Waals surface area contributed by atoms with E-state index in [9.17, 15) is 0 Å². The van der Waals surface area contributed by atoms with E-state index in [0.29, 0.717) is 0 Å². The number of nitrogens with one attached hydrogen (secondary N) is 1. The first-order valence-corrected chi connectivity index (χ1v) is 6.72. The van der Waals surface area contributed by atoms with Crippen LogP contribution in [0, 0.1) is 0 Å². The summed E-state index contributed by atoms with van der Waals surface area (Å²) in [5.74, 6) is 0. The molecule has 0 fully saturated rings. The Bertz CT molecular complexity index is 449. The van der Waals surface area contributed by atoms with Gasteiger partial charge in [0.25, 0.3) is 0 Å². The predicted molar refractivity (Wildman–Crippen MR) is 77.3 cm³/mol. The second-order valence-electron chi connectivity index (χ2n) is 4.25. The molecule has 2 rings (SSSR count). The van der Waals surface area contributed by atoms with Gasteiger partial charge in [0.15, 0.2) is 0 Å². The summed E-state index contributed by atoms with van der Waals surface area (Å²) < 4.78 is 0.